The molecule has 9 nitrogen and oxygen atoms in total. The van der Waals surface area contributed by atoms with Crippen molar-refractivity contribution in [3.05, 3.63) is 146 Å². The maximum absolute atomic E-state index is 12.9. The van der Waals surface area contributed by atoms with Crippen LogP contribution in [0, 0.1) is 0 Å². The fourth-order valence-electron chi connectivity index (χ4n) is 10.6. The first kappa shape index (κ1) is 89.9. The molecule has 0 fully saturated rings. The normalized spacial score (nSPS) is 13.9. The fourth-order valence-corrected chi connectivity index (χ4v) is 11.3. The number of carbonyl (C=O) groups is 2. The van der Waals surface area contributed by atoms with E-state index >= 15 is 0 Å². The highest BCUT2D eigenvalue weighted by Crippen LogP contribution is 2.43. The maximum atomic E-state index is 12.9. The number of quaternary nitrogens is 1. The predicted octanol–water partition coefficient (Wildman–Crippen LogP) is 25.7. The van der Waals surface area contributed by atoms with Gasteiger partial charge in [0.25, 0.3) is 0 Å². The van der Waals surface area contributed by atoms with Crippen molar-refractivity contribution in [2.75, 3.05) is 47.5 Å². The zero-order chi connectivity index (χ0) is 68.3. The molecule has 0 aromatic carbocycles. The molecule has 0 bridgehead atoms. The van der Waals surface area contributed by atoms with Crippen LogP contribution in [0.1, 0.15) is 322 Å². The molecule has 0 radical (unpaired) electrons. The van der Waals surface area contributed by atoms with Crippen molar-refractivity contribution in [1.82, 2.24) is 0 Å². The molecule has 0 saturated carbocycles. The minimum Gasteiger partial charge on any atom is -0.462 e. The average Bonchev–Trinajstić information content (AvgIpc) is 1.56. The van der Waals surface area contributed by atoms with E-state index in [-0.39, 0.29) is 32.0 Å². The second kappa shape index (κ2) is 73.1. The van der Waals surface area contributed by atoms with E-state index in [2.05, 4.69) is 160 Å². The van der Waals surface area contributed by atoms with E-state index in [0.717, 1.165) is 109 Å². The molecule has 10 heteroatoms. The molecule has 0 amide bonds. The smallest absolute Gasteiger partial charge is 0.462 e. The molecule has 0 saturated heterocycles. The van der Waals surface area contributed by atoms with Crippen molar-refractivity contribution in [2.24, 2.45) is 0 Å². The molecule has 0 aliphatic heterocycles. The van der Waals surface area contributed by atoms with Crippen molar-refractivity contribution in [1.29, 1.82) is 0 Å². The molecule has 2 atom stereocenters. The number of nitrogens with zero attached hydrogens (tertiary/aromatic N) is 1. The van der Waals surface area contributed by atoms with Crippen LogP contribution in [0.4, 0.5) is 0 Å². The van der Waals surface area contributed by atoms with Gasteiger partial charge in [0.2, 0.25) is 0 Å². The SMILES string of the molecule is CC/C=C\C/C=C\C/C=C\C/C=C\C/C=C\C/C=C\CCCCCCCCCCCCCCCCCCCCCCC(=O)OC(COC(=O)CCCCCCCCCCCCCC/C=C\C/C=C\C/C=C\C/C=C\C/C=C\C/C=C\CC)COP(=O)(O)OCC[N+](C)(C)C. The Bertz CT molecular complexity index is 2100. The van der Waals surface area contributed by atoms with Gasteiger partial charge in [0.1, 0.15) is 19.8 Å². The van der Waals surface area contributed by atoms with Crippen LogP contribution in [0.5, 0.6) is 0 Å². The van der Waals surface area contributed by atoms with Crippen molar-refractivity contribution in [3.63, 3.8) is 0 Å². The molecule has 0 spiro atoms. The van der Waals surface area contributed by atoms with Gasteiger partial charge in [0, 0.05) is 12.8 Å². The third-order valence-electron chi connectivity index (χ3n) is 16.4. The Hall–Kier alpha value is -4.11. The van der Waals surface area contributed by atoms with Crippen LogP contribution in [-0.4, -0.2) is 74.9 Å². The quantitative estimate of drug-likeness (QED) is 0.0211. The zero-order valence-corrected chi connectivity index (χ0v) is 62.3. The molecular formula is C84H145NO8P+. The van der Waals surface area contributed by atoms with Crippen LogP contribution >= 0.6 is 7.82 Å². The molecule has 0 aliphatic rings. The van der Waals surface area contributed by atoms with Crippen molar-refractivity contribution in [3.8, 4) is 0 Å². The van der Waals surface area contributed by atoms with Crippen molar-refractivity contribution >= 4 is 19.8 Å². The number of esters is 2. The number of ether oxygens (including phenoxy) is 2. The summed E-state index contributed by atoms with van der Waals surface area (Å²) in [6, 6.07) is 0. The standard InChI is InChI=1S/C84H144NO8P/c1-6-8-10-12-14-16-18-20-22-24-26-28-30-32-34-36-38-39-40-41-42-43-44-45-47-49-51-53-55-57-59-61-63-65-67-69-71-73-75-77-84(87)93-82(81-92-94(88,89)91-79-78-85(3,4)5)80-90-83(86)76-74-72-70-68-66-64-62-60-58-56-54-52-50-48-46-37-35-33-31-29-27-25-23-21-19-17-15-13-11-9-7-2/h8-11,14-17,20-23,26-29,32-35,38-39,46,48,82H,6-7,12-13,18-19,24-25,30-31,36-37,40-45,47,49-81H2,1-5H3/p+1/b10-8-,11-9-,16-14-,17-15-,22-20-,23-21-,28-26-,29-27-,34-32-,35-33-,39-38-,48-46-. The highest BCUT2D eigenvalue weighted by molar-refractivity contribution is 7.47. The van der Waals surface area contributed by atoms with Gasteiger partial charge < -0.3 is 18.9 Å². The monoisotopic (exact) mass is 1330 g/mol. The lowest BCUT2D eigenvalue weighted by Crippen LogP contribution is -2.37. The fraction of sp³-hybridized carbons (Fsp3) is 0.690. The minimum atomic E-state index is -4.40. The topological polar surface area (TPSA) is 108 Å². The average molecular weight is 1330 g/mol. The Morgan fingerprint density at radius 1 is 0.330 bits per heavy atom. The lowest BCUT2D eigenvalue weighted by atomic mass is 10.0. The molecule has 0 aromatic rings. The summed E-state index contributed by atoms with van der Waals surface area (Å²) in [5.74, 6) is -0.794. The van der Waals surface area contributed by atoms with E-state index in [9.17, 15) is 19.0 Å². The maximum Gasteiger partial charge on any atom is 0.472 e. The van der Waals surface area contributed by atoms with Crippen LogP contribution in [-0.2, 0) is 32.7 Å². The minimum absolute atomic E-state index is 0.0274. The summed E-state index contributed by atoms with van der Waals surface area (Å²) in [6.45, 7) is 4.23. The molecule has 538 valence electrons. The van der Waals surface area contributed by atoms with Crippen LogP contribution in [0.15, 0.2) is 146 Å². The van der Waals surface area contributed by atoms with E-state index in [1.54, 1.807) is 0 Å². The molecule has 1 N–H and O–H groups in total. The van der Waals surface area contributed by atoms with Gasteiger partial charge in [0.05, 0.1) is 27.7 Å². The largest absolute Gasteiger partial charge is 0.472 e. The van der Waals surface area contributed by atoms with Gasteiger partial charge in [-0.1, -0.05) is 339 Å². The van der Waals surface area contributed by atoms with Gasteiger partial charge in [-0.2, -0.15) is 0 Å². The third-order valence-corrected chi connectivity index (χ3v) is 17.3. The van der Waals surface area contributed by atoms with Crippen LogP contribution in [0.25, 0.3) is 0 Å². The second-order valence-electron chi connectivity index (χ2n) is 26.6. The Morgan fingerprint density at radius 2 is 0.574 bits per heavy atom. The number of unbranched alkanes of at least 4 members (excludes halogenated alkanes) is 32. The first-order chi connectivity index (χ1) is 46.0. The number of phosphoric acid groups is 1. The first-order valence-electron chi connectivity index (χ1n) is 38.6. The van der Waals surface area contributed by atoms with E-state index in [4.69, 9.17) is 18.5 Å². The molecule has 94 heavy (non-hydrogen) atoms. The molecule has 0 aliphatic carbocycles. The summed E-state index contributed by atoms with van der Waals surface area (Å²) in [7, 11) is 1.47. The van der Waals surface area contributed by atoms with Gasteiger partial charge in [-0.3, -0.25) is 18.6 Å². The number of carbonyl (C=O) groups excluding carboxylic acids is 2. The summed E-state index contributed by atoms with van der Waals surface area (Å²) < 4.78 is 34.8. The number of allylic oxidation sites excluding steroid dienone is 24. The van der Waals surface area contributed by atoms with E-state index in [1.165, 1.54) is 180 Å². The van der Waals surface area contributed by atoms with Gasteiger partial charge in [0.15, 0.2) is 6.10 Å². The Morgan fingerprint density at radius 3 is 0.851 bits per heavy atom. The summed E-state index contributed by atoms with van der Waals surface area (Å²) in [6.07, 6.45) is 108. The molecular weight excluding hydrogens is 1180 g/mol. The summed E-state index contributed by atoms with van der Waals surface area (Å²) in [5.41, 5.74) is 0. The van der Waals surface area contributed by atoms with Crippen molar-refractivity contribution in [2.45, 2.75) is 328 Å². The Labute approximate surface area is 580 Å². The van der Waals surface area contributed by atoms with Gasteiger partial charge in [-0.25, -0.2) is 4.57 Å². The molecule has 0 heterocycles. The van der Waals surface area contributed by atoms with Crippen LogP contribution in [0.2, 0.25) is 0 Å². The summed E-state index contributed by atoms with van der Waals surface area (Å²) in [5, 5.41) is 0. The third kappa shape index (κ3) is 76.9. The van der Waals surface area contributed by atoms with Gasteiger partial charge in [-0.05, 0) is 116 Å². The summed E-state index contributed by atoms with van der Waals surface area (Å²) in [4.78, 5) is 36.0. The summed E-state index contributed by atoms with van der Waals surface area (Å²) >= 11 is 0. The highest BCUT2D eigenvalue weighted by atomic mass is 31.2. The predicted molar refractivity (Wildman–Crippen MR) is 408 cm³/mol. The number of hydrogen-bond donors (Lipinski definition) is 1. The van der Waals surface area contributed by atoms with Gasteiger partial charge >= 0.3 is 19.8 Å². The van der Waals surface area contributed by atoms with Crippen LogP contribution in [0.3, 0.4) is 0 Å². The molecule has 0 rings (SSSR count). The van der Waals surface area contributed by atoms with E-state index in [1.807, 2.05) is 21.1 Å². The van der Waals surface area contributed by atoms with Crippen LogP contribution < -0.4 is 0 Å². The number of likely N-dealkylation sites (N-methyl/N-ethyl adjacent to an activating group) is 1. The van der Waals surface area contributed by atoms with E-state index < -0.39 is 26.5 Å². The molecule has 0 aromatic heterocycles. The Balaban J connectivity index is 3.99. The van der Waals surface area contributed by atoms with Crippen molar-refractivity contribution < 1.29 is 42.1 Å². The molecule has 2 unspecified atom stereocenters. The number of hydrogen-bond acceptors (Lipinski definition) is 7. The lowest BCUT2D eigenvalue weighted by molar-refractivity contribution is -0.870. The Kier molecular flexibility index (Phi) is 69.9. The lowest BCUT2D eigenvalue weighted by Gasteiger charge is -2.24. The zero-order valence-electron chi connectivity index (χ0n) is 61.4. The number of phosphoric ester groups is 1. The van der Waals surface area contributed by atoms with E-state index in [0.29, 0.717) is 17.4 Å². The highest BCUT2D eigenvalue weighted by Gasteiger charge is 2.27. The second-order valence-corrected chi connectivity index (χ2v) is 28.1. The van der Waals surface area contributed by atoms with Gasteiger partial charge in [-0.15, -0.1) is 0 Å². The number of rotatable bonds is 70. The first-order valence-corrected chi connectivity index (χ1v) is 40.1.